The highest BCUT2D eigenvalue weighted by Crippen LogP contribution is 2.40. The number of carbonyl (C=O) groups is 2. The summed E-state index contributed by atoms with van der Waals surface area (Å²) in [5.74, 6) is 0.444. The van der Waals surface area contributed by atoms with E-state index in [0.717, 1.165) is 16.7 Å². The lowest BCUT2D eigenvalue weighted by Crippen LogP contribution is -2.09. The second-order valence-electron chi connectivity index (χ2n) is 4.39. The molecule has 0 fully saturated rings. The maximum absolute atomic E-state index is 11.4. The van der Waals surface area contributed by atoms with E-state index in [1.807, 2.05) is 6.07 Å². The molecule has 1 aliphatic heterocycles. The van der Waals surface area contributed by atoms with Crippen LogP contribution in [0.4, 0.5) is 0 Å². The van der Waals surface area contributed by atoms with Crippen LogP contribution in [0.15, 0.2) is 36.4 Å². The van der Waals surface area contributed by atoms with Crippen LogP contribution in [-0.2, 0) is 6.61 Å². The summed E-state index contributed by atoms with van der Waals surface area (Å²) in [5, 5.41) is -1.10. The molecule has 2 aromatic rings. The molecule has 0 spiro atoms. The summed E-state index contributed by atoms with van der Waals surface area (Å²) in [5.41, 5.74) is 3.21. The van der Waals surface area contributed by atoms with Crippen LogP contribution < -0.4 is 4.74 Å². The molecule has 2 aromatic carbocycles. The predicted molar refractivity (Wildman–Crippen MR) is 76.6 cm³/mol. The van der Waals surface area contributed by atoms with Crippen LogP contribution in [0.5, 0.6) is 5.75 Å². The van der Waals surface area contributed by atoms with Gasteiger partial charge in [-0.2, -0.15) is 0 Å². The highest BCUT2D eigenvalue weighted by Gasteiger charge is 2.23. The largest absolute Gasteiger partial charge is 0.487 e. The number of halogens is 2. The van der Waals surface area contributed by atoms with E-state index < -0.39 is 10.5 Å². The zero-order valence-electron chi connectivity index (χ0n) is 10.2. The minimum atomic E-state index is -0.574. The van der Waals surface area contributed by atoms with Crippen molar-refractivity contribution in [2.75, 3.05) is 0 Å². The topological polar surface area (TPSA) is 43.4 Å². The molecule has 100 valence electrons. The van der Waals surface area contributed by atoms with Gasteiger partial charge in [0.05, 0.1) is 5.56 Å². The van der Waals surface area contributed by atoms with Crippen LogP contribution in [0, 0.1) is 0 Å². The Balaban J connectivity index is 2.24. The summed E-state index contributed by atoms with van der Waals surface area (Å²) in [6, 6.07) is 10.3. The van der Waals surface area contributed by atoms with Gasteiger partial charge in [0.1, 0.15) is 12.4 Å². The van der Waals surface area contributed by atoms with E-state index in [2.05, 4.69) is 0 Å². The van der Waals surface area contributed by atoms with Crippen molar-refractivity contribution in [3.8, 4) is 16.9 Å². The molecule has 0 aliphatic carbocycles. The van der Waals surface area contributed by atoms with E-state index in [-0.39, 0.29) is 0 Å². The molecule has 0 saturated carbocycles. The van der Waals surface area contributed by atoms with Crippen LogP contribution in [0.25, 0.3) is 11.1 Å². The Morgan fingerprint density at radius 1 is 1.00 bits per heavy atom. The lowest BCUT2D eigenvalue weighted by atomic mass is 9.93. The molecule has 0 radical (unpaired) electrons. The lowest BCUT2D eigenvalue weighted by Gasteiger charge is -2.22. The van der Waals surface area contributed by atoms with Crippen molar-refractivity contribution in [3.63, 3.8) is 0 Å². The molecular formula is C15H8Cl2O3. The van der Waals surface area contributed by atoms with Crippen LogP contribution in [0.2, 0.25) is 0 Å². The minimum absolute atomic E-state index is 0.317. The molecule has 0 unspecified atom stereocenters. The van der Waals surface area contributed by atoms with Crippen molar-refractivity contribution in [3.05, 3.63) is 53.1 Å². The van der Waals surface area contributed by atoms with Crippen molar-refractivity contribution >= 4 is 33.7 Å². The highest BCUT2D eigenvalue weighted by molar-refractivity contribution is 6.68. The molecule has 5 heteroatoms. The molecule has 3 rings (SSSR count). The smallest absolute Gasteiger partial charge is 0.256 e. The molecule has 3 nitrogen and oxygen atoms in total. The molecule has 0 N–H and O–H groups in total. The van der Waals surface area contributed by atoms with Gasteiger partial charge in [0.2, 0.25) is 0 Å². The van der Waals surface area contributed by atoms with Crippen molar-refractivity contribution in [2.24, 2.45) is 0 Å². The number of hydrogen-bond donors (Lipinski definition) is 0. The maximum atomic E-state index is 11.4. The molecule has 1 aliphatic rings. The fraction of sp³-hybridized carbons (Fsp3) is 0.0667. The summed E-state index contributed by atoms with van der Waals surface area (Å²) in [6.45, 7) is 0.320. The first-order valence-electron chi connectivity index (χ1n) is 5.86. The van der Waals surface area contributed by atoms with Gasteiger partial charge in [0, 0.05) is 11.1 Å². The fourth-order valence-corrected chi connectivity index (χ4v) is 2.55. The zero-order valence-corrected chi connectivity index (χ0v) is 11.7. The van der Waals surface area contributed by atoms with Gasteiger partial charge in [-0.1, -0.05) is 18.2 Å². The highest BCUT2D eigenvalue weighted by atomic mass is 35.5. The summed E-state index contributed by atoms with van der Waals surface area (Å²) in [7, 11) is 0. The molecule has 1 heterocycles. The zero-order chi connectivity index (χ0) is 14.3. The number of para-hydroxylation sites is 1. The maximum Gasteiger partial charge on any atom is 0.256 e. The molecule has 0 amide bonds. The van der Waals surface area contributed by atoms with E-state index in [1.165, 1.54) is 0 Å². The molecule has 0 saturated heterocycles. The average Bonchev–Trinajstić information content (AvgIpc) is 2.45. The Morgan fingerprint density at radius 2 is 1.80 bits per heavy atom. The average molecular weight is 307 g/mol. The quantitative estimate of drug-likeness (QED) is 0.788. The van der Waals surface area contributed by atoms with Crippen LogP contribution >= 0.6 is 23.2 Å². The summed E-state index contributed by atoms with van der Waals surface area (Å²) < 4.78 is 5.62. The van der Waals surface area contributed by atoms with Crippen LogP contribution in [0.3, 0.4) is 0 Å². The first kappa shape index (κ1) is 13.2. The van der Waals surface area contributed by atoms with Gasteiger partial charge < -0.3 is 4.74 Å². The molecule has 20 heavy (non-hydrogen) atoms. The Bertz CT molecular complexity index is 738. The van der Waals surface area contributed by atoms with E-state index in [0.29, 0.717) is 23.5 Å². The summed E-state index contributed by atoms with van der Waals surface area (Å²) in [4.78, 5) is 22.7. The third-order valence-electron chi connectivity index (χ3n) is 3.23. The van der Waals surface area contributed by atoms with Gasteiger partial charge >= 0.3 is 0 Å². The number of benzene rings is 2. The van der Waals surface area contributed by atoms with Gasteiger partial charge in [-0.05, 0) is 52.5 Å². The van der Waals surface area contributed by atoms with E-state index in [4.69, 9.17) is 27.9 Å². The Hall–Kier alpha value is -1.84. The van der Waals surface area contributed by atoms with Crippen molar-refractivity contribution < 1.29 is 14.3 Å². The van der Waals surface area contributed by atoms with Gasteiger partial charge in [-0.25, -0.2) is 0 Å². The van der Waals surface area contributed by atoms with Crippen molar-refractivity contribution in [1.82, 2.24) is 0 Å². The van der Waals surface area contributed by atoms with Crippen molar-refractivity contribution in [1.29, 1.82) is 0 Å². The third kappa shape index (κ3) is 2.09. The Morgan fingerprint density at radius 3 is 2.50 bits per heavy atom. The van der Waals surface area contributed by atoms with Crippen LogP contribution in [0.1, 0.15) is 26.3 Å². The fourth-order valence-electron chi connectivity index (χ4n) is 2.28. The Labute approximate surface area is 125 Å². The predicted octanol–water partition coefficient (Wildman–Crippen LogP) is 4.00. The normalized spacial score (nSPS) is 12.1. The number of carbonyl (C=O) groups excluding carboxylic acids is 2. The monoisotopic (exact) mass is 306 g/mol. The van der Waals surface area contributed by atoms with Gasteiger partial charge in [-0.15, -0.1) is 0 Å². The van der Waals surface area contributed by atoms with Crippen molar-refractivity contribution in [2.45, 2.75) is 6.61 Å². The Kier molecular flexibility index (Phi) is 3.24. The standard InChI is InChI=1S/C15H8Cl2O3/c16-14(18)8-4-5-9-7-20-13-10(12(9)6-8)2-1-3-11(13)15(17)19/h1-6H,7H2. The molecular weight excluding hydrogens is 299 g/mol. The number of fused-ring (bicyclic) bond motifs is 3. The van der Waals surface area contributed by atoms with Gasteiger partial charge in [-0.3, -0.25) is 9.59 Å². The van der Waals surface area contributed by atoms with Gasteiger partial charge in [0.15, 0.2) is 0 Å². The first-order valence-corrected chi connectivity index (χ1v) is 6.62. The SMILES string of the molecule is O=C(Cl)c1ccc2c(c1)-c1cccc(C(=O)Cl)c1OC2. The van der Waals surface area contributed by atoms with E-state index in [1.54, 1.807) is 30.3 Å². The number of hydrogen-bond acceptors (Lipinski definition) is 3. The minimum Gasteiger partial charge on any atom is -0.487 e. The third-order valence-corrected chi connectivity index (χ3v) is 3.65. The lowest BCUT2D eigenvalue weighted by molar-refractivity contribution is 0.107. The second kappa shape index (κ2) is 4.93. The van der Waals surface area contributed by atoms with Gasteiger partial charge in [0.25, 0.3) is 10.5 Å². The second-order valence-corrected chi connectivity index (χ2v) is 5.08. The molecule has 0 aromatic heterocycles. The number of rotatable bonds is 2. The van der Waals surface area contributed by atoms with Crippen LogP contribution in [-0.4, -0.2) is 10.5 Å². The number of ether oxygens (including phenoxy) is 1. The molecule has 0 bridgehead atoms. The van der Waals surface area contributed by atoms with E-state index >= 15 is 0 Å². The summed E-state index contributed by atoms with van der Waals surface area (Å²) >= 11 is 11.1. The molecule has 0 atom stereocenters. The first-order chi connectivity index (χ1) is 9.58. The van der Waals surface area contributed by atoms with E-state index in [9.17, 15) is 9.59 Å². The summed E-state index contributed by atoms with van der Waals surface area (Å²) in [6.07, 6.45) is 0.